The molecule has 0 unspecified atom stereocenters. The first-order valence-corrected chi connectivity index (χ1v) is 5.36. The molecule has 0 atom stereocenters. The maximum atomic E-state index is 2.49. The summed E-state index contributed by atoms with van der Waals surface area (Å²) in [6, 6.07) is 0. The molecule has 1 aliphatic rings. The topological polar surface area (TPSA) is 3.24 Å². The molecule has 0 bridgehead atoms. The zero-order valence-electron chi connectivity index (χ0n) is 10.1. The van der Waals surface area contributed by atoms with E-state index in [1.165, 1.54) is 19.5 Å². The van der Waals surface area contributed by atoms with Crippen molar-refractivity contribution in [2.75, 3.05) is 13.1 Å². The van der Waals surface area contributed by atoms with Gasteiger partial charge in [0.15, 0.2) is 0 Å². The number of hydrogen-bond donors (Lipinski definition) is 0. The van der Waals surface area contributed by atoms with Crippen molar-refractivity contribution in [2.24, 2.45) is 0 Å². The fraction of sp³-hybridized carbons (Fsp3) is 1.00. The summed E-state index contributed by atoms with van der Waals surface area (Å²) in [5.74, 6) is 0. The Morgan fingerprint density at radius 3 is 1.17 bits per heavy atom. The Morgan fingerprint density at radius 1 is 0.833 bits per heavy atom. The van der Waals surface area contributed by atoms with Gasteiger partial charge in [-0.3, -0.25) is 4.90 Å². The molecule has 1 nitrogen and oxygen atoms in total. The lowest BCUT2D eigenvalue weighted by Crippen LogP contribution is -2.49. The van der Waals surface area contributed by atoms with Crippen molar-refractivity contribution < 1.29 is 0 Å². The van der Waals surface area contributed by atoms with Crippen LogP contribution in [0, 0.1) is 0 Å². The van der Waals surface area contributed by atoms with Gasteiger partial charge in [-0.2, -0.15) is 0 Å². The molecule has 1 heterocycles. The van der Waals surface area contributed by atoms with Crippen molar-refractivity contribution in [2.45, 2.75) is 60.4 Å². The largest absolute Gasteiger partial charge is 0.298 e. The lowest BCUT2D eigenvalue weighted by atomic mass is 10.0. The van der Waals surface area contributed by atoms with Crippen LogP contribution in [-0.2, 0) is 0 Å². The van der Waals surface area contributed by atoms with Gasteiger partial charge in [-0.15, -0.1) is 0 Å². The predicted octanol–water partition coefficient (Wildman–Crippen LogP) is 3.54. The summed E-state index contributed by atoms with van der Waals surface area (Å²) in [6.45, 7) is 17.4. The quantitative estimate of drug-likeness (QED) is 0.541. The first-order valence-electron chi connectivity index (χ1n) is 5.36. The highest BCUT2D eigenvalue weighted by atomic mass is 15.2. The van der Waals surface area contributed by atoms with E-state index in [4.69, 9.17) is 0 Å². The summed E-state index contributed by atoms with van der Waals surface area (Å²) >= 11 is 0. The van der Waals surface area contributed by atoms with Gasteiger partial charge >= 0.3 is 0 Å². The second kappa shape index (κ2) is 7.60. The molecule has 0 aromatic heterocycles. The van der Waals surface area contributed by atoms with E-state index < -0.39 is 0 Å². The van der Waals surface area contributed by atoms with Crippen molar-refractivity contribution in [3.05, 3.63) is 0 Å². The molecule has 76 valence electrons. The first kappa shape index (κ1) is 14.5. The van der Waals surface area contributed by atoms with Crippen molar-refractivity contribution >= 4 is 0 Å². The monoisotopic (exact) mass is 173 g/mol. The summed E-state index contributed by atoms with van der Waals surface area (Å²) in [6.07, 6.45) is 1.40. The van der Waals surface area contributed by atoms with Gasteiger partial charge in [-0.1, -0.05) is 27.7 Å². The Morgan fingerprint density at radius 2 is 1.17 bits per heavy atom. The van der Waals surface area contributed by atoms with Gasteiger partial charge in [0.2, 0.25) is 0 Å². The van der Waals surface area contributed by atoms with Crippen molar-refractivity contribution in [1.82, 2.24) is 4.90 Å². The smallest absolute Gasteiger partial charge is 0.0125 e. The summed E-state index contributed by atoms with van der Waals surface area (Å²) < 4.78 is 0. The fourth-order valence-electron chi connectivity index (χ4n) is 0.987. The highest BCUT2D eigenvalue weighted by molar-refractivity contribution is 4.81. The molecular weight excluding hydrogens is 146 g/mol. The van der Waals surface area contributed by atoms with Crippen LogP contribution >= 0.6 is 0 Å². The van der Waals surface area contributed by atoms with Gasteiger partial charge in [-0.25, -0.2) is 0 Å². The molecule has 0 N–H and O–H groups in total. The van der Waals surface area contributed by atoms with Gasteiger partial charge in [0.05, 0.1) is 0 Å². The van der Waals surface area contributed by atoms with E-state index in [0.29, 0.717) is 5.54 Å². The average molecular weight is 173 g/mol. The molecule has 0 radical (unpaired) electrons. The van der Waals surface area contributed by atoms with Crippen LogP contribution in [0.5, 0.6) is 0 Å². The average Bonchev–Trinajstić information content (AvgIpc) is 1.89. The molecular formula is C11H27N. The Labute approximate surface area is 79.2 Å². The van der Waals surface area contributed by atoms with Gasteiger partial charge in [0, 0.05) is 5.54 Å². The molecule has 0 aliphatic carbocycles. The third kappa shape index (κ3) is 5.59. The number of nitrogens with zero attached hydrogens (tertiary/aromatic N) is 1. The minimum absolute atomic E-state index is 0.429. The predicted molar refractivity (Wildman–Crippen MR) is 58.6 cm³/mol. The van der Waals surface area contributed by atoms with Crippen LogP contribution in [0.3, 0.4) is 0 Å². The zero-order valence-corrected chi connectivity index (χ0v) is 10.1. The van der Waals surface area contributed by atoms with Crippen LogP contribution in [0.1, 0.15) is 54.9 Å². The van der Waals surface area contributed by atoms with E-state index in [1.54, 1.807) is 0 Å². The molecule has 1 rings (SSSR count). The standard InChI is InChI=1S/C7H15N.2C2H6/c1-7(2,3)8-5-4-6-8;2*1-2/h4-6H2,1-3H3;2*1-2H3. The fourth-order valence-corrected chi connectivity index (χ4v) is 0.987. The summed E-state index contributed by atoms with van der Waals surface area (Å²) in [5, 5.41) is 0. The number of likely N-dealkylation sites (tertiary alicyclic amines) is 1. The minimum Gasteiger partial charge on any atom is -0.298 e. The number of hydrogen-bond acceptors (Lipinski definition) is 1. The Hall–Kier alpha value is -0.0400. The lowest BCUT2D eigenvalue weighted by molar-refractivity contribution is 0.0690. The van der Waals surface area contributed by atoms with Crippen molar-refractivity contribution in [3.8, 4) is 0 Å². The summed E-state index contributed by atoms with van der Waals surface area (Å²) in [4.78, 5) is 2.49. The van der Waals surface area contributed by atoms with Gasteiger partial charge in [0.1, 0.15) is 0 Å². The highest BCUT2D eigenvalue weighted by Crippen LogP contribution is 2.19. The van der Waals surface area contributed by atoms with Crippen LogP contribution in [0.25, 0.3) is 0 Å². The third-order valence-corrected chi connectivity index (χ3v) is 1.80. The van der Waals surface area contributed by atoms with E-state index in [0.717, 1.165) is 0 Å². The normalized spacial score (nSPS) is 16.2. The SMILES string of the molecule is CC.CC.CC(C)(C)N1CCC1. The molecule has 0 aromatic carbocycles. The van der Waals surface area contributed by atoms with Gasteiger partial charge in [-0.05, 0) is 40.3 Å². The van der Waals surface area contributed by atoms with Crippen molar-refractivity contribution in [1.29, 1.82) is 0 Å². The summed E-state index contributed by atoms with van der Waals surface area (Å²) in [5.41, 5.74) is 0.429. The second-order valence-electron chi connectivity index (χ2n) is 3.51. The Balaban J connectivity index is 0. The highest BCUT2D eigenvalue weighted by Gasteiger charge is 2.25. The molecule has 12 heavy (non-hydrogen) atoms. The molecule has 1 aliphatic heterocycles. The third-order valence-electron chi connectivity index (χ3n) is 1.80. The van der Waals surface area contributed by atoms with Gasteiger partial charge in [0.25, 0.3) is 0 Å². The number of rotatable bonds is 0. The summed E-state index contributed by atoms with van der Waals surface area (Å²) in [7, 11) is 0. The lowest BCUT2D eigenvalue weighted by Gasteiger charge is -2.42. The zero-order chi connectivity index (χ0) is 10.2. The van der Waals surface area contributed by atoms with E-state index in [2.05, 4.69) is 25.7 Å². The molecule has 1 fully saturated rings. The van der Waals surface area contributed by atoms with Crippen molar-refractivity contribution in [3.63, 3.8) is 0 Å². The van der Waals surface area contributed by atoms with Crippen LogP contribution < -0.4 is 0 Å². The first-order chi connectivity index (χ1) is 5.61. The van der Waals surface area contributed by atoms with E-state index in [1.807, 2.05) is 27.7 Å². The molecule has 0 saturated carbocycles. The second-order valence-corrected chi connectivity index (χ2v) is 3.51. The van der Waals surface area contributed by atoms with Crippen LogP contribution in [0.15, 0.2) is 0 Å². The molecule has 0 amide bonds. The van der Waals surface area contributed by atoms with Gasteiger partial charge < -0.3 is 0 Å². The maximum absolute atomic E-state index is 2.49. The van der Waals surface area contributed by atoms with E-state index in [-0.39, 0.29) is 0 Å². The van der Waals surface area contributed by atoms with E-state index in [9.17, 15) is 0 Å². The maximum Gasteiger partial charge on any atom is 0.0125 e. The molecule has 0 aromatic rings. The Bertz CT molecular complexity index is 77.5. The van der Waals surface area contributed by atoms with Crippen LogP contribution in [-0.4, -0.2) is 23.5 Å². The van der Waals surface area contributed by atoms with Crippen LogP contribution in [0.4, 0.5) is 0 Å². The Kier molecular flexibility index (Phi) is 9.17. The molecule has 0 spiro atoms. The van der Waals surface area contributed by atoms with E-state index >= 15 is 0 Å². The molecule has 1 heteroatoms. The molecule has 1 saturated heterocycles. The van der Waals surface area contributed by atoms with Crippen LogP contribution in [0.2, 0.25) is 0 Å². The minimum atomic E-state index is 0.429.